The van der Waals surface area contributed by atoms with E-state index in [4.69, 9.17) is 0 Å². The van der Waals surface area contributed by atoms with E-state index in [9.17, 15) is 13.2 Å². The topological polar surface area (TPSA) is 82.3 Å². The van der Waals surface area contributed by atoms with Crippen molar-refractivity contribution in [3.63, 3.8) is 0 Å². The van der Waals surface area contributed by atoms with Gasteiger partial charge in [0.1, 0.15) is 0 Å². The Hall–Kier alpha value is -2.55. The van der Waals surface area contributed by atoms with Gasteiger partial charge in [-0.05, 0) is 43.2 Å². The van der Waals surface area contributed by atoms with Gasteiger partial charge in [-0.15, -0.1) is 11.8 Å². The lowest BCUT2D eigenvalue weighted by molar-refractivity contribution is -0.115. The van der Waals surface area contributed by atoms with Crippen LogP contribution in [0.4, 0.5) is 5.69 Å². The molecule has 2 aliphatic rings. The molecule has 0 saturated heterocycles. The molecule has 0 bridgehead atoms. The number of benzene rings is 2. The number of aromatic nitrogens is 1. The van der Waals surface area contributed by atoms with Crippen LogP contribution in [0.15, 0.2) is 58.3 Å². The highest BCUT2D eigenvalue weighted by Crippen LogP contribution is 2.35. The van der Waals surface area contributed by atoms with Crippen LogP contribution in [0.5, 0.6) is 0 Å². The Bertz CT molecular complexity index is 1330. The molecule has 31 heavy (non-hydrogen) atoms. The number of carbonyl (C=O) groups excluding carboxylic acids is 1. The van der Waals surface area contributed by atoms with Gasteiger partial charge in [-0.3, -0.25) is 4.79 Å². The molecule has 2 aliphatic heterocycles. The minimum atomic E-state index is -3.65. The Kier molecular flexibility index (Phi) is 5.16. The lowest BCUT2D eigenvalue weighted by Gasteiger charge is -2.26. The number of aryl methyl sites for hydroxylation is 1. The molecule has 8 heteroatoms. The predicted octanol–water partition coefficient (Wildman–Crippen LogP) is 4.39. The molecule has 3 aromatic rings. The molecule has 1 aromatic heterocycles. The molecular weight excluding hydrogens is 430 g/mol. The molecule has 160 valence electrons. The number of anilines is 1. The lowest BCUT2D eigenvalue weighted by Crippen LogP contribution is -2.34. The number of hydrogen-bond donors (Lipinski definition) is 2. The molecular formula is C23H23N3O3S2. The Morgan fingerprint density at radius 1 is 1.10 bits per heavy atom. The van der Waals surface area contributed by atoms with Gasteiger partial charge in [0.05, 0.1) is 10.6 Å². The maximum absolute atomic E-state index is 13.3. The van der Waals surface area contributed by atoms with Crippen molar-refractivity contribution in [3.8, 4) is 0 Å². The summed E-state index contributed by atoms with van der Waals surface area (Å²) in [5.41, 5.74) is 5.12. The number of carbonyl (C=O) groups is 1. The Morgan fingerprint density at radius 3 is 2.74 bits per heavy atom. The lowest BCUT2D eigenvalue weighted by atomic mass is 9.97. The second-order valence-corrected chi connectivity index (χ2v) is 10.9. The summed E-state index contributed by atoms with van der Waals surface area (Å²) in [6, 6.07) is 13.2. The number of sulfonamides is 1. The summed E-state index contributed by atoms with van der Waals surface area (Å²) >= 11 is 1.56. The van der Waals surface area contributed by atoms with Gasteiger partial charge >= 0.3 is 0 Å². The molecule has 0 fully saturated rings. The minimum absolute atomic E-state index is 0.0829. The largest absolute Gasteiger partial charge is 0.358 e. The molecule has 0 aliphatic carbocycles. The number of hydrogen-bond acceptors (Lipinski definition) is 4. The highest BCUT2D eigenvalue weighted by atomic mass is 32.2. The summed E-state index contributed by atoms with van der Waals surface area (Å²) in [6.45, 7) is 2.81. The highest BCUT2D eigenvalue weighted by molar-refractivity contribution is 7.99. The first-order valence-electron chi connectivity index (χ1n) is 10.3. The van der Waals surface area contributed by atoms with Crippen molar-refractivity contribution in [1.82, 2.24) is 9.29 Å². The van der Waals surface area contributed by atoms with Gasteiger partial charge in [-0.1, -0.05) is 24.3 Å². The van der Waals surface area contributed by atoms with Gasteiger partial charge in [0.2, 0.25) is 15.9 Å². The smallest absolute Gasteiger partial charge is 0.243 e. The van der Waals surface area contributed by atoms with Crippen molar-refractivity contribution in [2.45, 2.75) is 29.6 Å². The van der Waals surface area contributed by atoms with E-state index >= 15 is 0 Å². The number of amides is 1. The summed E-state index contributed by atoms with van der Waals surface area (Å²) in [7, 11) is -3.65. The summed E-state index contributed by atoms with van der Waals surface area (Å²) in [5.74, 6) is 0.609. The number of fused-ring (bicyclic) bond motifs is 2. The van der Waals surface area contributed by atoms with Crippen LogP contribution in [0.2, 0.25) is 0 Å². The standard InChI is InChI=1S/C23H23N3O3S2/c1-15-23(18-4-2-3-5-19(18)24-15)16-8-11-26(12-9-16)31(28,29)17-6-7-21-20(14-17)25-22(27)10-13-30-21/h2-8,14,24H,9-13H2,1H3,(H,25,27). The fourth-order valence-corrected chi connectivity index (χ4v) is 6.64. The van der Waals surface area contributed by atoms with Gasteiger partial charge in [0.15, 0.2) is 0 Å². The van der Waals surface area contributed by atoms with Crippen molar-refractivity contribution in [2.75, 3.05) is 24.2 Å². The van der Waals surface area contributed by atoms with Gasteiger partial charge < -0.3 is 10.3 Å². The average Bonchev–Trinajstić information content (AvgIpc) is 2.98. The summed E-state index contributed by atoms with van der Waals surface area (Å²) in [4.78, 5) is 16.4. The second kappa shape index (κ2) is 7.85. The van der Waals surface area contributed by atoms with Crippen molar-refractivity contribution in [2.24, 2.45) is 0 Å². The number of nitrogens with zero attached hydrogens (tertiary/aromatic N) is 1. The number of para-hydroxylation sites is 1. The van der Waals surface area contributed by atoms with E-state index in [0.29, 0.717) is 37.4 Å². The third kappa shape index (κ3) is 3.69. The van der Waals surface area contributed by atoms with E-state index in [1.807, 2.05) is 18.2 Å². The zero-order valence-corrected chi connectivity index (χ0v) is 18.8. The zero-order valence-electron chi connectivity index (χ0n) is 17.1. The maximum Gasteiger partial charge on any atom is 0.243 e. The molecule has 2 N–H and O–H groups in total. The van der Waals surface area contributed by atoms with E-state index in [0.717, 1.165) is 16.1 Å². The van der Waals surface area contributed by atoms with E-state index in [1.165, 1.54) is 20.8 Å². The highest BCUT2D eigenvalue weighted by Gasteiger charge is 2.28. The monoisotopic (exact) mass is 453 g/mol. The molecule has 0 saturated carbocycles. The van der Waals surface area contributed by atoms with E-state index in [-0.39, 0.29) is 10.8 Å². The second-order valence-electron chi connectivity index (χ2n) is 7.82. The van der Waals surface area contributed by atoms with E-state index in [2.05, 4.69) is 29.4 Å². The maximum atomic E-state index is 13.3. The van der Waals surface area contributed by atoms with Gasteiger partial charge in [-0.2, -0.15) is 4.31 Å². The first-order valence-corrected chi connectivity index (χ1v) is 12.7. The minimum Gasteiger partial charge on any atom is -0.358 e. The van der Waals surface area contributed by atoms with Crippen LogP contribution < -0.4 is 5.32 Å². The fraction of sp³-hybridized carbons (Fsp3) is 0.261. The first-order chi connectivity index (χ1) is 14.9. The quantitative estimate of drug-likeness (QED) is 0.616. The van der Waals surface area contributed by atoms with Crippen molar-refractivity contribution in [3.05, 3.63) is 59.8 Å². The van der Waals surface area contributed by atoms with Gasteiger partial charge in [-0.25, -0.2) is 8.42 Å². The molecule has 6 nitrogen and oxygen atoms in total. The molecule has 1 amide bonds. The van der Waals surface area contributed by atoms with Gasteiger partial charge in [0.25, 0.3) is 0 Å². The van der Waals surface area contributed by atoms with Crippen LogP contribution in [0.25, 0.3) is 16.5 Å². The van der Waals surface area contributed by atoms with Crippen LogP contribution in [0, 0.1) is 6.92 Å². The average molecular weight is 454 g/mol. The summed E-state index contributed by atoms with van der Waals surface area (Å²) < 4.78 is 28.1. The fourth-order valence-electron chi connectivity index (χ4n) is 4.29. The predicted molar refractivity (Wildman–Crippen MR) is 125 cm³/mol. The molecule has 0 unspecified atom stereocenters. The molecule has 2 aromatic carbocycles. The van der Waals surface area contributed by atoms with E-state index in [1.54, 1.807) is 30.0 Å². The van der Waals surface area contributed by atoms with Gasteiger partial charge in [0, 0.05) is 52.3 Å². The number of nitrogens with one attached hydrogen (secondary N) is 2. The van der Waals surface area contributed by atoms with Crippen molar-refractivity contribution in [1.29, 1.82) is 0 Å². The van der Waals surface area contributed by atoms with Crippen molar-refractivity contribution < 1.29 is 13.2 Å². The Morgan fingerprint density at radius 2 is 1.94 bits per heavy atom. The SMILES string of the molecule is Cc1[nH]c2ccccc2c1C1=CCN(S(=O)(=O)c2ccc3c(c2)NC(=O)CCS3)CC1. The van der Waals surface area contributed by atoms with E-state index < -0.39 is 10.0 Å². The molecule has 5 rings (SSSR count). The number of H-pyrrole nitrogens is 1. The Labute approximate surface area is 185 Å². The van der Waals surface area contributed by atoms with Crippen LogP contribution in [0.1, 0.15) is 24.1 Å². The summed E-state index contributed by atoms with van der Waals surface area (Å²) in [6.07, 6.45) is 3.10. The zero-order chi connectivity index (χ0) is 21.6. The van der Waals surface area contributed by atoms with Crippen LogP contribution in [0.3, 0.4) is 0 Å². The van der Waals surface area contributed by atoms with Crippen LogP contribution >= 0.6 is 11.8 Å². The van der Waals surface area contributed by atoms with Crippen LogP contribution in [-0.4, -0.2) is 42.5 Å². The first kappa shape index (κ1) is 20.4. The number of aromatic amines is 1. The number of rotatable bonds is 3. The Balaban J connectivity index is 1.43. The molecule has 0 spiro atoms. The third-order valence-electron chi connectivity index (χ3n) is 5.84. The molecule has 0 atom stereocenters. The number of thioether (sulfide) groups is 1. The normalized spacial score (nSPS) is 17.7. The van der Waals surface area contributed by atoms with Crippen molar-refractivity contribution >= 4 is 49.9 Å². The summed E-state index contributed by atoms with van der Waals surface area (Å²) in [5, 5.41) is 4.00. The third-order valence-corrected chi connectivity index (χ3v) is 8.77. The van der Waals surface area contributed by atoms with Crippen LogP contribution in [-0.2, 0) is 14.8 Å². The molecule has 0 radical (unpaired) electrons. The molecule has 3 heterocycles.